The van der Waals surface area contributed by atoms with Crippen molar-refractivity contribution in [2.75, 3.05) is 13.2 Å². The van der Waals surface area contributed by atoms with E-state index in [1.54, 1.807) is 55.6 Å². The van der Waals surface area contributed by atoms with Gasteiger partial charge in [0.15, 0.2) is 0 Å². The second-order valence-electron chi connectivity index (χ2n) is 5.63. The normalized spacial score (nSPS) is 10.4. The molecule has 0 saturated heterocycles. The van der Waals surface area contributed by atoms with Gasteiger partial charge >= 0.3 is 11.9 Å². The molecule has 0 atom stereocenters. The average Bonchev–Trinajstić information content (AvgIpc) is 3.19. The number of rotatable bonds is 6. The highest BCUT2D eigenvalue weighted by Crippen LogP contribution is 2.32. The summed E-state index contributed by atoms with van der Waals surface area (Å²) in [6.07, 6.45) is 1.80. The monoisotopic (exact) mass is 381 g/mol. The third-order valence-electron chi connectivity index (χ3n) is 3.83. The Hall–Kier alpha value is -2.99. The van der Waals surface area contributed by atoms with E-state index in [1.165, 1.54) is 0 Å². The van der Waals surface area contributed by atoms with Crippen LogP contribution in [0.25, 0.3) is 21.0 Å². The molecule has 0 aliphatic carbocycles. The van der Waals surface area contributed by atoms with Gasteiger partial charge in [0.2, 0.25) is 0 Å². The van der Waals surface area contributed by atoms with Gasteiger partial charge in [0, 0.05) is 11.8 Å². The fourth-order valence-electron chi connectivity index (χ4n) is 2.49. The van der Waals surface area contributed by atoms with Gasteiger partial charge in [0.1, 0.15) is 5.01 Å². The molecule has 6 heteroatoms. The molecule has 0 spiro atoms. The molecule has 3 aromatic rings. The van der Waals surface area contributed by atoms with Crippen molar-refractivity contribution in [2.45, 2.75) is 13.8 Å². The van der Waals surface area contributed by atoms with Crippen molar-refractivity contribution < 1.29 is 19.1 Å². The first-order valence-electron chi connectivity index (χ1n) is 8.63. The molecule has 0 N–H and O–H groups in total. The Balaban J connectivity index is 1.76. The minimum atomic E-state index is -0.328. The first kappa shape index (κ1) is 18.8. The number of thiazole rings is 1. The summed E-state index contributed by atoms with van der Waals surface area (Å²) in [5.74, 6) is -0.652. The maximum Gasteiger partial charge on any atom is 0.338 e. The zero-order valence-corrected chi connectivity index (χ0v) is 15.9. The van der Waals surface area contributed by atoms with Gasteiger partial charge in [-0.25, -0.2) is 14.6 Å². The highest BCUT2D eigenvalue weighted by Gasteiger charge is 2.11. The molecule has 1 heterocycles. The van der Waals surface area contributed by atoms with E-state index in [1.807, 2.05) is 24.3 Å². The minimum Gasteiger partial charge on any atom is -0.462 e. The Bertz CT molecular complexity index is 854. The van der Waals surface area contributed by atoms with Gasteiger partial charge < -0.3 is 9.47 Å². The predicted octanol–water partition coefficient (Wildman–Crippen LogP) is 4.83. The number of nitrogens with zero attached hydrogens (tertiary/aromatic N) is 1. The molecule has 0 radical (unpaired) electrons. The largest absolute Gasteiger partial charge is 0.462 e. The van der Waals surface area contributed by atoms with Crippen LogP contribution in [0.3, 0.4) is 0 Å². The van der Waals surface area contributed by atoms with E-state index in [4.69, 9.17) is 9.47 Å². The number of aromatic nitrogens is 1. The summed E-state index contributed by atoms with van der Waals surface area (Å²) in [4.78, 5) is 28.9. The first-order chi connectivity index (χ1) is 13.1. The topological polar surface area (TPSA) is 65.5 Å². The third-order valence-corrected chi connectivity index (χ3v) is 4.92. The molecule has 0 amide bonds. The molecule has 0 saturated carbocycles. The van der Waals surface area contributed by atoms with Gasteiger partial charge in [0.25, 0.3) is 0 Å². The lowest BCUT2D eigenvalue weighted by Crippen LogP contribution is -2.03. The average molecular weight is 381 g/mol. The van der Waals surface area contributed by atoms with Crippen LogP contribution in [0.2, 0.25) is 0 Å². The molecule has 0 aliphatic heterocycles. The lowest BCUT2D eigenvalue weighted by atomic mass is 10.1. The molecule has 2 aromatic carbocycles. The number of hydrogen-bond acceptors (Lipinski definition) is 6. The van der Waals surface area contributed by atoms with E-state index in [-0.39, 0.29) is 11.9 Å². The van der Waals surface area contributed by atoms with Gasteiger partial charge in [-0.05, 0) is 43.7 Å². The maximum absolute atomic E-state index is 11.7. The van der Waals surface area contributed by atoms with Crippen LogP contribution in [0, 0.1) is 0 Å². The Kier molecular flexibility index (Phi) is 5.98. The number of carbonyl (C=O) groups is 2. The molecule has 0 fully saturated rings. The lowest BCUT2D eigenvalue weighted by molar-refractivity contribution is 0.0517. The summed E-state index contributed by atoms with van der Waals surface area (Å²) >= 11 is 1.54. The molecule has 1 aromatic heterocycles. The van der Waals surface area contributed by atoms with Crippen molar-refractivity contribution in [3.63, 3.8) is 0 Å². The van der Waals surface area contributed by atoms with Crippen LogP contribution in [-0.2, 0) is 9.47 Å². The van der Waals surface area contributed by atoms with Crippen LogP contribution in [-0.4, -0.2) is 30.1 Å². The van der Waals surface area contributed by atoms with E-state index in [0.29, 0.717) is 24.3 Å². The third kappa shape index (κ3) is 4.41. The zero-order valence-electron chi connectivity index (χ0n) is 15.1. The molecule has 3 rings (SSSR count). The van der Waals surface area contributed by atoms with Gasteiger partial charge in [-0.3, -0.25) is 0 Å². The molecule has 0 unspecified atom stereocenters. The zero-order chi connectivity index (χ0) is 19.2. The minimum absolute atomic E-state index is 0.323. The van der Waals surface area contributed by atoms with Crippen LogP contribution in [0.15, 0.2) is 54.7 Å². The maximum atomic E-state index is 11.7. The van der Waals surface area contributed by atoms with E-state index in [2.05, 4.69) is 4.98 Å². The highest BCUT2D eigenvalue weighted by atomic mass is 32.1. The Morgan fingerprint density at radius 1 is 0.815 bits per heavy atom. The second kappa shape index (κ2) is 8.60. The van der Waals surface area contributed by atoms with Crippen molar-refractivity contribution in [2.24, 2.45) is 0 Å². The number of benzene rings is 2. The fourth-order valence-corrected chi connectivity index (χ4v) is 3.42. The molecule has 0 bridgehead atoms. The molecule has 138 valence electrons. The lowest BCUT2D eigenvalue weighted by Gasteiger charge is -2.03. The Labute approximate surface area is 161 Å². The van der Waals surface area contributed by atoms with Crippen molar-refractivity contribution in [3.05, 3.63) is 65.9 Å². The second-order valence-corrected chi connectivity index (χ2v) is 6.66. The van der Waals surface area contributed by atoms with Crippen molar-refractivity contribution in [3.8, 4) is 21.0 Å². The quantitative estimate of drug-likeness (QED) is 0.572. The molecular formula is C21H19NO4S. The standard InChI is InChI=1S/C21H19NO4S/c1-3-25-20(23)16-9-5-14(6-10-16)18-13-22-19(27-18)15-7-11-17(12-8-15)21(24)26-4-2/h5-13H,3-4H2,1-2H3. The number of ether oxygens (including phenoxy) is 2. The van der Waals surface area contributed by atoms with Crippen molar-refractivity contribution in [1.82, 2.24) is 4.98 Å². The summed E-state index contributed by atoms with van der Waals surface area (Å²) < 4.78 is 9.99. The fraction of sp³-hybridized carbons (Fsp3) is 0.190. The van der Waals surface area contributed by atoms with Gasteiger partial charge in [-0.2, -0.15) is 0 Å². The molecule has 27 heavy (non-hydrogen) atoms. The van der Waals surface area contributed by atoms with Crippen LogP contribution in [0.4, 0.5) is 0 Å². The van der Waals surface area contributed by atoms with Gasteiger partial charge in [-0.15, -0.1) is 11.3 Å². The summed E-state index contributed by atoms with van der Waals surface area (Å²) in [7, 11) is 0. The van der Waals surface area contributed by atoms with E-state index in [9.17, 15) is 9.59 Å². The van der Waals surface area contributed by atoms with Crippen LogP contribution in [0.1, 0.15) is 34.6 Å². The number of carbonyl (C=O) groups excluding carboxylic acids is 2. The van der Waals surface area contributed by atoms with Crippen molar-refractivity contribution >= 4 is 23.3 Å². The first-order valence-corrected chi connectivity index (χ1v) is 9.45. The van der Waals surface area contributed by atoms with Crippen LogP contribution in [0.5, 0.6) is 0 Å². The van der Waals surface area contributed by atoms with Crippen molar-refractivity contribution in [1.29, 1.82) is 0 Å². The highest BCUT2D eigenvalue weighted by molar-refractivity contribution is 7.18. The van der Waals surface area contributed by atoms with Crippen LogP contribution >= 0.6 is 11.3 Å². The smallest absolute Gasteiger partial charge is 0.338 e. The van der Waals surface area contributed by atoms with E-state index >= 15 is 0 Å². The number of esters is 2. The molecule has 0 aliphatic rings. The molecule has 5 nitrogen and oxygen atoms in total. The Morgan fingerprint density at radius 3 is 1.78 bits per heavy atom. The number of hydrogen-bond donors (Lipinski definition) is 0. The van der Waals surface area contributed by atoms with Crippen LogP contribution < -0.4 is 0 Å². The summed E-state index contributed by atoms with van der Waals surface area (Å²) in [6, 6.07) is 14.5. The summed E-state index contributed by atoms with van der Waals surface area (Å²) in [5.41, 5.74) is 2.96. The van der Waals surface area contributed by atoms with E-state index in [0.717, 1.165) is 21.0 Å². The summed E-state index contributed by atoms with van der Waals surface area (Å²) in [6.45, 7) is 4.27. The predicted molar refractivity (Wildman–Crippen MR) is 105 cm³/mol. The van der Waals surface area contributed by atoms with Gasteiger partial charge in [-0.1, -0.05) is 24.3 Å². The van der Waals surface area contributed by atoms with Gasteiger partial charge in [0.05, 0.1) is 29.2 Å². The molecular weight excluding hydrogens is 362 g/mol. The van der Waals surface area contributed by atoms with E-state index < -0.39 is 0 Å². The Morgan fingerprint density at radius 2 is 1.30 bits per heavy atom. The SMILES string of the molecule is CCOC(=O)c1ccc(-c2cnc(-c3ccc(C(=O)OCC)cc3)s2)cc1. The summed E-state index contributed by atoms with van der Waals surface area (Å²) in [5, 5.41) is 0.856.